The predicted molar refractivity (Wildman–Crippen MR) is 157 cm³/mol. The number of carbonyl (C=O) groups is 2. The average molecular weight is 533 g/mol. The molecule has 1 aliphatic rings. The van der Waals surface area contributed by atoms with Gasteiger partial charge in [-0.05, 0) is 28.7 Å². The summed E-state index contributed by atoms with van der Waals surface area (Å²) in [6.07, 6.45) is 0.977. The van der Waals surface area contributed by atoms with Crippen LogP contribution < -0.4 is 0 Å². The Morgan fingerprint density at radius 3 is 1.62 bits per heavy atom. The van der Waals surface area contributed by atoms with Crippen molar-refractivity contribution in [2.24, 2.45) is 5.92 Å². The molecule has 40 heavy (non-hydrogen) atoms. The minimum atomic E-state index is -1.28. The minimum Gasteiger partial charge on any atom is -0.479 e. The Kier molecular flexibility index (Phi) is 8.42. The summed E-state index contributed by atoms with van der Waals surface area (Å²) in [5.41, 5.74) is 3.14. The van der Waals surface area contributed by atoms with Crippen LogP contribution in [0.4, 0.5) is 0 Å². The number of carboxylic acids is 1. The van der Waals surface area contributed by atoms with Crippen LogP contribution in [0.2, 0.25) is 0 Å². The van der Waals surface area contributed by atoms with Crippen molar-refractivity contribution in [2.45, 2.75) is 44.4 Å². The van der Waals surface area contributed by atoms with Gasteiger partial charge in [0, 0.05) is 32.1 Å². The highest BCUT2D eigenvalue weighted by Crippen LogP contribution is 2.41. The number of β-lactam (4-membered cyclic amide) rings is 1. The number of hydrogen-bond acceptors (Lipinski definition) is 3. The van der Waals surface area contributed by atoms with E-state index in [2.05, 4.69) is 41.3 Å². The van der Waals surface area contributed by atoms with Crippen LogP contribution in [0.15, 0.2) is 121 Å². The summed E-state index contributed by atoms with van der Waals surface area (Å²) in [7, 11) is 0. The Labute approximate surface area is 236 Å². The Morgan fingerprint density at radius 1 is 0.750 bits per heavy atom. The number of aliphatic carboxylic acids is 1. The second-order valence-electron chi connectivity index (χ2n) is 10.8. The first kappa shape index (κ1) is 27.4. The zero-order valence-corrected chi connectivity index (χ0v) is 22.9. The summed E-state index contributed by atoms with van der Waals surface area (Å²) in [4.78, 5) is 30.4. The van der Waals surface area contributed by atoms with Crippen LogP contribution in [0.1, 0.15) is 29.2 Å². The molecule has 0 spiro atoms. The number of hydrogen-bond donors (Lipinski definition) is 1. The van der Waals surface area contributed by atoms with Gasteiger partial charge in [-0.1, -0.05) is 128 Å². The summed E-state index contributed by atoms with van der Waals surface area (Å²) in [5.74, 6) is -1.64. The molecule has 0 radical (unpaired) electrons. The SMILES string of the molecule is C[C@@H]1C(=O)N(C[C@H](Cc2ccccc2)N(Cc2ccccc2)Cc2ccccc2)[C@]1(Cc1ccccc1)C(=O)O. The van der Waals surface area contributed by atoms with Gasteiger partial charge in [0.15, 0.2) is 5.54 Å². The minimum absolute atomic E-state index is 0.101. The van der Waals surface area contributed by atoms with Gasteiger partial charge < -0.3 is 10.0 Å². The van der Waals surface area contributed by atoms with E-state index in [-0.39, 0.29) is 18.4 Å². The lowest BCUT2D eigenvalue weighted by Gasteiger charge is -2.55. The van der Waals surface area contributed by atoms with E-state index in [0.717, 1.165) is 11.1 Å². The molecule has 5 heteroatoms. The van der Waals surface area contributed by atoms with Gasteiger partial charge in [0.25, 0.3) is 0 Å². The van der Waals surface area contributed by atoms with Crippen molar-refractivity contribution in [1.82, 2.24) is 9.80 Å². The van der Waals surface area contributed by atoms with Crippen molar-refractivity contribution < 1.29 is 14.7 Å². The Bertz CT molecular complexity index is 1350. The Hall–Kier alpha value is -4.22. The third-order valence-corrected chi connectivity index (χ3v) is 8.20. The third-order valence-electron chi connectivity index (χ3n) is 8.20. The summed E-state index contributed by atoms with van der Waals surface area (Å²) < 4.78 is 0. The number of amides is 1. The topological polar surface area (TPSA) is 60.9 Å². The average Bonchev–Trinajstić information content (AvgIpc) is 2.99. The molecule has 0 unspecified atom stereocenters. The van der Waals surface area contributed by atoms with E-state index in [9.17, 15) is 14.7 Å². The highest BCUT2D eigenvalue weighted by molar-refractivity contribution is 6.00. The number of rotatable bonds is 12. The summed E-state index contributed by atoms with van der Waals surface area (Å²) in [6, 6.07) is 40.4. The fraction of sp³-hybridized carbons (Fsp3) is 0.257. The molecule has 1 amide bonds. The molecular weight excluding hydrogens is 496 g/mol. The Morgan fingerprint density at radius 2 is 1.18 bits per heavy atom. The highest BCUT2D eigenvalue weighted by Gasteiger charge is 2.63. The fourth-order valence-corrected chi connectivity index (χ4v) is 5.94. The van der Waals surface area contributed by atoms with Crippen molar-refractivity contribution in [3.63, 3.8) is 0 Å². The van der Waals surface area contributed by atoms with Crippen LogP contribution >= 0.6 is 0 Å². The number of nitrogens with zero attached hydrogens (tertiary/aromatic N) is 2. The van der Waals surface area contributed by atoms with Crippen LogP contribution in [-0.2, 0) is 35.5 Å². The number of benzene rings is 4. The van der Waals surface area contributed by atoms with Gasteiger partial charge in [0.05, 0.1) is 5.92 Å². The number of likely N-dealkylation sites (tertiary alicyclic amines) is 1. The van der Waals surface area contributed by atoms with Gasteiger partial charge in [-0.25, -0.2) is 4.79 Å². The monoisotopic (exact) mass is 532 g/mol. The summed E-state index contributed by atoms with van der Waals surface area (Å²) in [5, 5.41) is 10.6. The maximum absolute atomic E-state index is 13.4. The molecular formula is C35H36N2O3. The van der Waals surface area contributed by atoms with Crippen molar-refractivity contribution in [1.29, 1.82) is 0 Å². The summed E-state index contributed by atoms with van der Waals surface area (Å²) >= 11 is 0. The van der Waals surface area contributed by atoms with Crippen LogP contribution in [0.3, 0.4) is 0 Å². The molecule has 4 aromatic carbocycles. The molecule has 204 valence electrons. The van der Waals surface area contributed by atoms with E-state index < -0.39 is 17.4 Å². The quantitative estimate of drug-likeness (QED) is 0.233. The fourth-order valence-electron chi connectivity index (χ4n) is 5.94. The first-order valence-corrected chi connectivity index (χ1v) is 13.9. The maximum atomic E-state index is 13.4. The van der Waals surface area contributed by atoms with Gasteiger partial charge in [0.1, 0.15) is 0 Å². The normalized spacial score (nSPS) is 19.3. The first-order chi connectivity index (χ1) is 19.5. The molecule has 0 aliphatic carbocycles. The van der Waals surface area contributed by atoms with Crippen molar-refractivity contribution in [3.8, 4) is 0 Å². The highest BCUT2D eigenvalue weighted by atomic mass is 16.4. The number of carbonyl (C=O) groups excluding carboxylic acids is 1. The van der Waals surface area contributed by atoms with E-state index in [1.165, 1.54) is 11.1 Å². The van der Waals surface area contributed by atoms with E-state index >= 15 is 0 Å². The van der Waals surface area contributed by atoms with E-state index in [4.69, 9.17) is 0 Å². The smallest absolute Gasteiger partial charge is 0.330 e. The molecule has 1 saturated heterocycles. The lowest BCUT2D eigenvalue weighted by molar-refractivity contribution is -0.188. The van der Waals surface area contributed by atoms with Crippen molar-refractivity contribution >= 4 is 11.9 Å². The maximum Gasteiger partial charge on any atom is 0.330 e. The third kappa shape index (κ3) is 5.85. The van der Waals surface area contributed by atoms with Crippen LogP contribution in [0.5, 0.6) is 0 Å². The van der Waals surface area contributed by atoms with Crippen molar-refractivity contribution in [3.05, 3.63) is 144 Å². The molecule has 0 aromatic heterocycles. The first-order valence-electron chi connectivity index (χ1n) is 13.9. The molecule has 5 nitrogen and oxygen atoms in total. The molecule has 1 heterocycles. The zero-order chi connectivity index (χ0) is 28.0. The largest absolute Gasteiger partial charge is 0.479 e. The van der Waals surface area contributed by atoms with Gasteiger partial charge in [-0.15, -0.1) is 0 Å². The van der Waals surface area contributed by atoms with Gasteiger partial charge in [0.2, 0.25) is 5.91 Å². The standard InChI is InChI=1S/C35H36N2O3/c1-27-33(38)37(35(27,34(39)40)23-29-16-8-3-9-17-29)26-32(22-28-14-6-2-7-15-28)36(24-30-18-10-4-11-19-30)25-31-20-12-5-13-21-31/h2-21,27,32H,22-26H2,1H3,(H,39,40)/t27-,32+,35+/m1/s1. The predicted octanol–water partition coefficient (Wildman–Crippen LogP) is 5.84. The zero-order valence-electron chi connectivity index (χ0n) is 22.9. The molecule has 0 saturated carbocycles. The summed E-state index contributed by atoms with van der Waals surface area (Å²) in [6.45, 7) is 3.46. The van der Waals surface area contributed by atoms with E-state index in [1.54, 1.807) is 11.8 Å². The Balaban J connectivity index is 1.52. The molecule has 3 atom stereocenters. The van der Waals surface area contributed by atoms with Crippen molar-refractivity contribution in [2.75, 3.05) is 6.54 Å². The molecule has 1 fully saturated rings. The molecule has 0 bridgehead atoms. The van der Waals surface area contributed by atoms with E-state index in [0.29, 0.717) is 26.1 Å². The second kappa shape index (κ2) is 12.3. The second-order valence-corrected chi connectivity index (χ2v) is 10.8. The molecule has 1 N–H and O–H groups in total. The van der Waals surface area contributed by atoms with Crippen LogP contribution in [0.25, 0.3) is 0 Å². The van der Waals surface area contributed by atoms with Crippen LogP contribution in [0, 0.1) is 5.92 Å². The lowest BCUT2D eigenvalue weighted by atomic mass is 9.70. The molecule has 5 rings (SSSR count). The van der Waals surface area contributed by atoms with E-state index in [1.807, 2.05) is 84.9 Å². The van der Waals surface area contributed by atoms with Gasteiger partial charge in [-0.3, -0.25) is 9.69 Å². The van der Waals surface area contributed by atoms with Gasteiger partial charge >= 0.3 is 5.97 Å². The van der Waals surface area contributed by atoms with Crippen LogP contribution in [-0.4, -0.2) is 44.9 Å². The molecule has 1 aliphatic heterocycles. The molecule has 4 aromatic rings. The lowest BCUT2D eigenvalue weighted by Crippen LogP contribution is -2.76. The number of carboxylic acid groups (broad SMARTS) is 1. The van der Waals surface area contributed by atoms with Gasteiger partial charge in [-0.2, -0.15) is 0 Å².